The molecule has 2 amide bonds. The minimum atomic E-state index is -0.570. The standard InChI is InChI=1S/C16H18ClN3O4/c17-13-6-4-12(11-14(13)20(23)24)5-7-15(21)18-8-2-10-19-9-1-3-16(19)22/h4-7,11H,1-3,8-10H2,(H,18,21). The summed E-state index contributed by atoms with van der Waals surface area (Å²) in [5.41, 5.74) is 0.318. The Morgan fingerprint density at radius 1 is 1.46 bits per heavy atom. The number of nitrogens with zero attached hydrogens (tertiary/aromatic N) is 2. The van der Waals surface area contributed by atoms with Gasteiger partial charge in [0, 0.05) is 38.2 Å². The molecule has 1 fully saturated rings. The SMILES string of the molecule is O=C(C=Cc1ccc(Cl)c([N+](=O)[O-])c1)NCCCN1CCCC1=O. The maximum absolute atomic E-state index is 11.7. The highest BCUT2D eigenvalue weighted by atomic mass is 35.5. The lowest BCUT2D eigenvalue weighted by Gasteiger charge is -2.14. The van der Waals surface area contributed by atoms with Crippen LogP contribution in [0.4, 0.5) is 5.69 Å². The number of nitro benzene ring substituents is 1. The lowest BCUT2D eigenvalue weighted by atomic mass is 10.2. The fraction of sp³-hybridized carbons (Fsp3) is 0.375. The average molecular weight is 352 g/mol. The van der Waals surface area contributed by atoms with E-state index >= 15 is 0 Å². The fourth-order valence-electron chi connectivity index (χ4n) is 2.43. The van der Waals surface area contributed by atoms with Gasteiger partial charge in [-0.15, -0.1) is 0 Å². The van der Waals surface area contributed by atoms with E-state index in [4.69, 9.17) is 11.6 Å². The number of carbonyl (C=O) groups is 2. The van der Waals surface area contributed by atoms with E-state index in [9.17, 15) is 19.7 Å². The first-order valence-corrected chi connectivity index (χ1v) is 8.03. The Morgan fingerprint density at radius 3 is 2.92 bits per heavy atom. The molecule has 1 aliphatic rings. The predicted molar refractivity (Wildman–Crippen MR) is 90.6 cm³/mol. The van der Waals surface area contributed by atoms with Gasteiger partial charge in [0.25, 0.3) is 5.69 Å². The second-order valence-corrected chi connectivity index (χ2v) is 5.84. The summed E-state index contributed by atoms with van der Waals surface area (Å²) >= 11 is 5.73. The van der Waals surface area contributed by atoms with Gasteiger partial charge >= 0.3 is 0 Å². The number of carbonyl (C=O) groups excluding carboxylic acids is 2. The van der Waals surface area contributed by atoms with Crippen LogP contribution in [0.5, 0.6) is 0 Å². The summed E-state index contributed by atoms with van der Waals surface area (Å²) in [6, 6.07) is 4.33. The highest BCUT2D eigenvalue weighted by molar-refractivity contribution is 6.32. The van der Waals surface area contributed by atoms with E-state index in [1.54, 1.807) is 11.0 Å². The number of likely N-dealkylation sites (tertiary alicyclic amines) is 1. The van der Waals surface area contributed by atoms with Crippen LogP contribution >= 0.6 is 11.6 Å². The number of rotatable bonds is 7. The molecule has 1 saturated heterocycles. The fourth-order valence-corrected chi connectivity index (χ4v) is 2.61. The maximum Gasteiger partial charge on any atom is 0.288 e. The first-order chi connectivity index (χ1) is 11.5. The third-order valence-corrected chi connectivity index (χ3v) is 3.99. The van der Waals surface area contributed by atoms with Gasteiger partial charge in [0.05, 0.1) is 4.92 Å². The van der Waals surface area contributed by atoms with Gasteiger partial charge in [-0.25, -0.2) is 0 Å². The molecule has 1 N–H and O–H groups in total. The van der Waals surface area contributed by atoms with Gasteiger partial charge in [0.15, 0.2) is 0 Å². The zero-order valence-corrected chi connectivity index (χ0v) is 13.8. The zero-order valence-electron chi connectivity index (χ0n) is 13.0. The first-order valence-electron chi connectivity index (χ1n) is 7.65. The minimum absolute atomic E-state index is 0.0538. The molecule has 24 heavy (non-hydrogen) atoms. The number of nitrogens with one attached hydrogen (secondary N) is 1. The van der Waals surface area contributed by atoms with E-state index in [-0.39, 0.29) is 22.5 Å². The molecule has 7 nitrogen and oxygen atoms in total. The number of amides is 2. The Balaban J connectivity index is 1.77. The molecule has 0 radical (unpaired) electrons. The summed E-state index contributed by atoms with van der Waals surface area (Å²) in [7, 11) is 0. The van der Waals surface area contributed by atoms with Gasteiger partial charge in [0.2, 0.25) is 11.8 Å². The summed E-state index contributed by atoms with van der Waals surface area (Å²) in [5.74, 6) is -0.120. The van der Waals surface area contributed by atoms with Crippen molar-refractivity contribution in [3.05, 3.63) is 45.0 Å². The average Bonchev–Trinajstić information content (AvgIpc) is 2.95. The van der Waals surface area contributed by atoms with Gasteiger partial charge in [-0.05, 0) is 30.5 Å². The van der Waals surface area contributed by atoms with Crippen LogP contribution in [0.15, 0.2) is 24.3 Å². The second kappa shape index (κ2) is 8.44. The van der Waals surface area contributed by atoms with Crippen LogP contribution in [0.25, 0.3) is 6.08 Å². The summed E-state index contributed by atoms with van der Waals surface area (Å²) in [6.45, 7) is 1.90. The van der Waals surface area contributed by atoms with Gasteiger partial charge < -0.3 is 10.2 Å². The third-order valence-electron chi connectivity index (χ3n) is 3.67. The number of benzene rings is 1. The molecule has 1 heterocycles. The van der Waals surface area contributed by atoms with E-state index in [1.165, 1.54) is 24.3 Å². The summed E-state index contributed by atoms with van der Waals surface area (Å²) in [4.78, 5) is 35.2. The van der Waals surface area contributed by atoms with Crippen molar-refractivity contribution in [3.8, 4) is 0 Å². The molecule has 1 aliphatic heterocycles. The van der Waals surface area contributed by atoms with Crippen LogP contribution in [0.2, 0.25) is 5.02 Å². The van der Waals surface area contributed by atoms with Crippen molar-refractivity contribution in [1.29, 1.82) is 0 Å². The van der Waals surface area contributed by atoms with Crippen molar-refractivity contribution < 1.29 is 14.5 Å². The largest absolute Gasteiger partial charge is 0.352 e. The van der Waals surface area contributed by atoms with Crippen molar-refractivity contribution in [2.75, 3.05) is 19.6 Å². The predicted octanol–water partition coefficient (Wildman–Crippen LogP) is 2.39. The molecule has 2 rings (SSSR count). The van der Waals surface area contributed by atoms with E-state index in [0.29, 0.717) is 31.5 Å². The molecule has 1 aromatic rings. The first kappa shape index (κ1) is 17.9. The van der Waals surface area contributed by atoms with Gasteiger partial charge in [-0.2, -0.15) is 0 Å². The van der Waals surface area contributed by atoms with Crippen molar-refractivity contribution in [2.24, 2.45) is 0 Å². The van der Waals surface area contributed by atoms with E-state index in [2.05, 4.69) is 5.32 Å². The third kappa shape index (κ3) is 5.06. The molecule has 0 bridgehead atoms. The van der Waals surface area contributed by atoms with Crippen LogP contribution in [0, 0.1) is 10.1 Å². The van der Waals surface area contributed by atoms with Crippen LogP contribution in [-0.4, -0.2) is 41.3 Å². The second-order valence-electron chi connectivity index (χ2n) is 5.43. The normalized spacial score (nSPS) is 14.4. The molecule has 0 atom stereocenters. The zero-order chi connectivity index (χ0) is 17.5. The molecule has 128 valence electrons. The van der Waals surface area contributed by atoms with Crippen molar-refractivity contribution in [3.63, 3.8) is 0 Å². The quantitative estimate of drug-likeness (QED) is 0.353. The van der Waals surface area contributed by atoms with Crippen LogP contribution in [-0.2, 0) is 9.59 Å². The van der Waals surface area contributed by atoms with Crippen LogP contribution in [0.1, 0.15) is 24.8 Å². The molecule has 0 spiro atoms. The molecule has 0 saturated carbocycles. The molecular formula is C16H18ClN3O4. The minimum Gasteiger partial charge on any atom is -0.352 e. The summed E-state index contributed by atoms with van der Waals surface area (Å²) < 4.78 is 0. The molecule has 8 heteroatoms. The van der Waals surface area contributed by atoms with E-state index in [0.717, 1.165) is 13.0 Å². The van der Waals surface area contributed by atoms with E-state index < -0.39 is 4.92 Å². The Bertz CT molecular complexity index is 675. The van der Waals surface area contributed by atoms with Crippen molar-refractivity contribution in [2.45, 2.75) is 19.3 Å². The Kier molecular flexibility index (Phi) is 6.31. The Morgan fingerprint density at radius 2 is 2.25 bits per heavy atom. The lowest BCUT2D eigenvalue weighted by Crippen LogP contribution is -2.29. The highest BCUT2D eigenvalue weighted by Gasteiger charge is 2.18. The molecular weight excluding hydrogens is 334 g/mol. The Hall–Kier alpha value is -2.41. The van der Waals surface area contributed by atoms with Gasteiger partial charge in [0.1, 0.15) is 5.02 Å². The van der Waals surface area contributed by atoms with Crippen LogP contribution in [0.3, 0.4) is 0 Å². The molecule has 0 aromatic heterocycles. The number of nitro groups is 1. The maximum atomic E-state index is 11.7. The number of halogens is 1. The molecule has 0 aliphatic carbocycles. The van der Waals surface area contributed by atoms with Crippen LogP contribution < -0.4 is 5.32 Å². The van der Waals surface area contributed by atoms with E-state index in [1.807, 2.05) is 0 Å². The van der Waals surface area contributed by atoms with Gasteiger partial charge in [-0.3, -0.25) is 19.7 Å². The smallest absolute Gasteiger partial charge is 0.288 e. The monoisotopic (exact) mass is 351 g/mol. The molecule has 1 aromatic carbocycles. The van der Waals surface area contributed by atoms with Crippen molar-refractivity contribution in [1.82, 2.24) is 10.2 Å². The molecule has 0 unspecified atom stereocenters. The summed E-state index contributed by atoms with van der Waals surface area (Å²) in [6.07, 6.45) is 5.01. The van der Waals surface area contributed by atoms with Crippen molar-refractivity contribution >= 4 is 35.2 Å². The Labute approximate surface area is 144 Å². The topological polar surface area (TPSA) is 92.5 Å². The number of hydrogen-bond donors (Lipinski definition) is 1. The number of hydrogen-bond acceptors (Lipinski definition) is 4. The highest BCUT2D eigenvalue weighted by Crippen LogP contribution is 2.25. The summed E-state index contributed by atoms with van der Waals surface area (Å²) in [5, 5.41) is 13.6. The van der Waals surface area contributed by atoms with Gasteiger partial charge in [-0.1, -0.05) is 17.7 Å². The lowest BCUT2D eigenvalue weighted by molar-refractivity contribution is -0.384.